The molecule has 84 valence electrons. The van der Waals surface area contributed by atoms with Gasteiger partial charge in [-0.2, -0.15) is 0 Å². The number of rotatable bonds is 1. The molecule has 0 fully saturated rings. The first-order valence-corrected chi connectivity index (χ1v) is 6.09. The summed E-state index contributed by atoms with van der Waals surface area (Å²) in [5.74, 6) is 0. The fraction of sp³-hybridized carbons (Fsp3) is 0.538. The standard InChI is InChI=1S/C11H13ClO.C2H6/c1-2-7-5-8(12)6-10-9(7)3-4-11(10)13;1-2/h5-6,11,13H,2-4H2,1H3;1-2H3. The Bertz CT molecular complexity index is 334. The van der Waals surface area contributed by atoms with Crippen LogP contribution in [0, 0.1) is 0 Å². The summed E-state index contributed by atoms with van der Waals surface area (Å²) in [6.45, 7) is 6.12. The van der Waals surface area contributed by atoms with Gasteiger partial charge in [0.1, 0.15) is 0 Å². The van der Waals surface area contributed by atoms with Gasteiger partial charge in [-0.1, -0.05) is 32.4 Å². The van der Waals surface area contributed by atoms with E-state index in [1.54, 1.807) is 0 Å². The van der Waals surface area contributed by atoms with Crippen molar-refractivity contribution in [1.82, 2.24) is 0 Å². The molecule has 0 saturated carbocycles. The number of fused-ring (bicyclic) bond motifs is 1. The first-order chi connectivity index (χ1) is 7.22. The normalized spacial score (nSPS) is 18.1. The van der Waals surface area contributed by atoms with E-state index in [0.29, 0.717) is 0 Å². The molecule has 0 bridgehead atoms. The highest BCUT2D eigenvalue weighted by Gasteiger charge is 2.22. The van der Waals surface area contributed by atoms with Gasteiger partial charge in [0.2, 0.25) is 0 Å². The van der Waals surface area contributed by atoms with Crippen molar-refractivity contribution in [1.29, 1.82) is 0 Å². The SMILES string of the molecule is CC.CCc1cc(Cl)cc2c1CCC2O. The zero-order chi connectivity index (χ0) is 11.4. The van der Waals surface area contributed by atoms with Gasteiger partial charge in [0, 0.05) is 5.02 Å². The maximum atomic E-state index is 9.67. The van der Waals surface area contributed by atoms with Crippen molar-refractivity contribution >= 4 is 11.6 Å². The number of aryl methyl sites for hydroxylation is 1. The number of hydrogen-bond donors (Lipinski definition) is 1. The third kappa shape index (κ3) is 2.53. The summed E-state index contributed by atoms with van der Waals surface area (Å²) in [5, 5.41) is 10.4. The van der Waals surface area contributed by atoms with Crippen LogP contribution in [-0.4, -0.2) is 5.11 Å². The maximum Gasteiger partial charge on any atom is 0.0796 e. The van der Waals surface area contributed by atoms with Gasteiger partial charge in [-0.25, -0.2) is 0 Å². The second-order valence-corrected chi connectivity index (χ2v) is 3.98. The minimum atomic E-state index is -0.293. The molecule has 0 aromatic heterocycles. The topological polar surface area (TPSA) is 20.2 Å². The van der Waals surface area contributed by atoms with E-state index < -0.39 is 0 Å². The largest absolute Gasteiger partial charge is 0.388 e. The summed E-state index contributed by atoms with van der Waals surface area (Å²) in [5.41, 5.74) is 3.66. The highest BCUT2D eigenvalue weighted by molar-refractivity contribution is 6.30. The molecule has 1 atom stereocenters. The lowest BCUT2D eigenvalue weighted by Crippen LogP contribution is -1.94. The molecule has 1 aromatic carbocycles. The van der Waals surface area contributed by atoms with Crippen LogP contribution in [0.2, 0.25) is 5.02 Å². The van der Waals surface area contributed by atoms with Crippen molar-refractivity contribution in [3.63, 3.8) is 0 Å². The average molecular weight is 227 g/mol. The van der Waals surface area contributed by atoms with Gasteiger partial charge in [0.15, 0.2) is 0 Å². The number of hydrogen-bond acceptors (Lipinski definition) is 1. The molecule has 0 amide bonds. The lowest BCUT2D eigenvalue weighted by Gasteiger charge is -2.08. The molecule has 1 N–H and O–H groups in total. The van der Waals surface area contributed by atoms with Crippen LogP contribution in [0.25, 0.3) is 0 Å². The summed E-state index contributed by atoms with van der Waals surface area (Å²) in [7, 11) is 0. The van der Waals surface area contributed by atoms with E-state index in [4.69, 9.17) is 11.6 Å². The predicted octanol–water partition coefficient (Wildman–Crippen LogP) is 3.91. The van der Waals surface area contributed by atoms with Crippen LogP contribution < -0.4 is 0 Å². The molecule has 0 radical (unpaired) electrons. The smallest absolute Gasteiger partial charge is 0.0796 e. The predicted molar refractivity (Wildman–Crippen MR) is 65.5 cm³/mol. The van der Waals surface area contributed by atoms with Crippen molar-refractivity contribution in [2.24, 2.45) is 0 Å². The summed E-state index contributed by atoms with van der Waals surface area (Å²) in [4.78, 5) is 0. The van der Waals surface area contributed by atoms with E-state index in [9.17, 15) is 5.11 Å². The van der Waals surface area contributed by atoms with Crippen molar-refractivity contribution in [3.8, 4) is 0 Å². The van der Waals surface area contributed by atoms with E-state index >= 15 is 0 Å². The molecule has 1 nitrogen and oxygen atoms in total. The molecule has 2 heteroatoms. The van der Waals surface area contributed by atoms with Gasteiger partial charge in [-0.15, -0.1) is 0 Å². The van der Waals surface area contributed by atoms with E-state index in [1.165, 1.54) is 11.1 Å². The monoisotopic (exact) mass is 226 g/mol. The number of benzene rings is 1. The molecule has 0 aliphatic heterocycles. The van der Waals surface area contributed by atoms with Gasteiger partial charge < -0.3 is 5.11 Å². The van der Waals surface area contributed by atoms with Crippen LogP contribution in [0.3, 0.4) is 0 Å². The van der Waals surface area contributed by atoms with Crippen molar-refractivity contribution in [3.05, 3.63) is 33.8 Å². The maximum absolute atomic E-state index is 9.67. The van der Waals surface area contributed by atoms with Crippen molar-refractivity contribution < 1.29 is 5.11 Å². The molecule has 0 spiro atoms. The minimum Gasteiger partial charge on any atom is -0.388 e. The fourth-order valence-electron chi connectivity index (χ4n) is 2.07. The van der Waals surface area contributed by atoms with Crippen LogP contribution in [-0.2, 0) is 12.8 Å². The van der Waals surface area contributed by atoms with Crippen molar-refractivity contribution in [2.75, 3.05) is 0 Å². The Balaban J connectivity index is 0.000000531. The second kappa shape index (κ2) is 5.53. The van der Waals surface area contributed by atoms with Crippen LogP contribution in [0.5, 0.6) is 0 Å². The zero-order valence-electron chi connectivity index (χ0n) is 9.68. The average Bonchev–Trinajstić information content (AvgIpc) is 2.62. The molecule has 15 heavy (non-hydrogen) atoms. The number of aliphatic hydroxyl groups excluding tert-OH is 1. The minimum absolute atomic E-state index is 0.293. The van der Waals surface area contributed by atoms with E-state index in [1.807, 2.05) is 26.0 Å². The first kappa shape index (κ1) is 12.5. The van der Waals surface area contributed by atoms with Gasteiger partial charge >= 0.3 is 0 Å². The van der Waals surface area contributed by atoms with Crippen LogP contribution >= 0.6 is 11.6 Å². The van der Waals surface area contributed by atoms with Crippen molar-refractivity contribution in [2.45, 2.75) is 46.1 Å². The van der Waals surface area contributed by atoms with E-state index in [-0.39, 0.29) is 6.10 Å². The highest BCUT2D eigenvalue weighted by atomic mass is 35.5. The Kier molecular flexibility index (Phi) is 4.62. The Morgan fingerprint density at radius 2 is 2.07 bits per heavy atom. The number of halogens is 1. The molecule has 0 saturated heterocycles. The summed E-state index contributed by atoms with van der Waals surface area (Å²) < 4.78 is 0. The third-order valence-corrected chi connectivity index (χ3v) is 2.97. The molecule has 1 unspecified atom stereocenters. The molecule has 1 aromatic rings. The Hall–Kier alpha value is -0.530. The number of aliphatic hydroxyl groups is 1. The molecule has 0 heterocycles. The fourth-order valence-corrected chi connectivity index (χ4v) is 2.32. The molecular formula is C13H19ClO. The highest BCUT2D eigenvalue weighted by Crippen LogP contribution is 2.35. The summed E-state index contributed by atoms with van der Waals surface area (Å²) in [6.07, 6.45) is 2.55. The van der Waals surface area contributed by atoms with Crippen LogP contribution in [0.1, 0.15) is 50.0 Å². The first-order valence-electron chi connectivity index (χ1n) is 5.71. The van der Waals surface area contributed by atoms with Gasteiger partial charge in [-0.3, -0.25) is 0 Å². The second-order valence-electron chi connectivity index (χ2n) is 3.54. The molecular weight excluding hydrogens is 208 g/mol. The van der Waals surface area contributed by atoms with Gasteiger partial charge in [-0.05, 0) is 48.1 Å². The summed E-state index contributed by atoms with van der Waals surface area (Å²) >= 11 is 5.96. The molecule has 1 aliphatic rings. The quantitative estimate of drug-likeness (QED) is 0.770. The lowest BCUT2D eigenvalue weighted by molar-refractivity contribution is 0.180. The Morgan fingerprint density at radius 3 is 2.67 bits per heavy atom. The zero-order valence-corrected chi connectivity index (χ0v) is 10.4. The van der Waals surface area contributed by atoms with E-state index in [0.717, 1.165) is 29.8 Å². The Morgan fingerprint density at radius 1 is 1.40 bits per heavy atom. The molecule has 1 aliphatic carbocycles. The van der Waals surface area contributed by atoms with Crippen LogP contribution in [0.4, 0.5) is 0 Å². The van der Waals surface area contributed by atoms with E-state index in [2.05, 4.69) is 6.92 Å². The Labute approximate surface area is 97.1 Å². The third-order valence-electron chi connectivity index (χ3n) is 2.75. The van der Waals surface area contributed by atoms with Crippen LogP contribution in [0.15, 0.2) is 12.1 Å². The van der Waals surface area contributed by atoms with Gasteiger partial charge in [0.05, 0.1) is 6.10 Å². The lowest BCUT2D eigenvalue weighted by atomic mass is 10.0. The molecule has 2 rings (SSSR count). The summed E-state index contributed by atoms with van der Waals surface area (Å²) in [6, 6.07) is 3.91. The van der Waals surface area contributed by atoms with Gasteiger partial charge in [0.25, 0.3) is 0 Å².